The highest BCUT2D eigenvalue weighted by atomic mass is 79.9. The summed E-state index contributed by atoms with van der Waals surface area (Å²) >= 11 is 4.60. The molecule has 0 atom stereocenters. The minimum Gasteiger partial charge on any atom is -0.507 e. The van der Waals surface area contributed by atoms with Crippen molar-refractivity contribution in [2.24, 2.45) is 4.99 Å². The Morgan fingerprint density at radius 3 is 2.82 bits per heavy atom. The average Bonchev–Trinajstić information content (AvgIpc) is 2.97. The molecular weight excluding hydrogens is 442 g/mol. The molecule has 0 saturated heterocycles. The fraction of sp³-hybridized carbons (Fsp3) is 0.450. The molecule has 8 heteroatoms. The number of nitrogens with one attached hydrogen (secondary N) is 1. The number of aromatic hydroxyl groups is 1. The van der Waals surface area contributed by atoms with Crippen LogP contribution in [0.5, 0.6) is 5.75 Å². The lowest BCUT2D eigenvalue weighted by atomic mass is 10.1. The largest absolute Gasteiger partial charge is 0.507 e. The molecule has 0 fully saturated rings. The van der Waals surface area contributed by atoms with Crippen molar-refractivity contribution >= 4 is 50.7 Å². The number of hydrogen-bond acceptors (Lipinski definition) is 5. The molecule has 1 aliphatic rings. The first-order valence-electron chi connectivity index (χ1n) is 9.46. The van der Waals surface area contributed by atoms with Crippen molar-refractivity contribution in [2.75, 3.05) is 18.8 Å². The predicted molar refractivity (Wildman–Crippen MR) is 118 cm³/mol. The number of carbonyl (C=O) groups excluding carboxylic acids is 2. The van der Waals surface area contributed by atoms with E-state index in [4.69, 9.17) is 0 Å². The van der Waals surface area contributed by atoms with Crippen molar-refractivity contribution in [1.82, 2.24) is 10.2 Å². The van der Waals surface area contributed by atoms with E-state index in [-0.39, 0.29) is 29.0 Å². The summed E-state index contributed by atoms with van der Waals surface area (Å²) in [5.41, 5.74) is 0.756. The van der Waals surface area contributed by atoms with Crippen LogP contribution in [0, 0.1) is 0 Å². The van der Waals surface area contributed by atoms with Gasteiger partial charge >= 0.3 is 0 Å². The van der Waals surface area contributed by atoms with Gasteiger partial charge < -0.3 is 10.4 Å². The van der Waals surface area contributed by atoms with Gasteiger partial charge in [0.25, 0.3) is 5.91 Å². The van der Waals surface area contributed by atoms with Gasteiger partial charge in [-0.15, -0.1) is 0 Å². The normalized spacial score (nSPS) is 15.2. The first-order valence-corrected chi connectivity index (χ1v) is 11.2. The number of nitrogens with zero attached hydrogens (tertiary/aromatic N) is 2. The van der Waals surface area contributed by atoms with E-state index >= 15 is 0 Å². The van der Waals surface area contributed by atoms with E-state index < -0.39 is 0 Å². The quantitative estimate of drug-likeness (QED) is 0.422. The van der Waals surface area contributed by atoms with Crippen LogP contribution >= 0.6 is 27.7 Å². The second-order valence-electron chi connectivity index (χ2n) is 6.38. The Morgan fingerprint density at radius 2 is 2.11 bits per heavy atom. The molecule has 6 nitrogen and oxygen atoms in total. The van der Waals surface area contributed by atoms with E-state index in [0.29, 0.717) is 23.8 Å². The zero-order valence-electron chi connectivity index (χ0n) is 16.2. The van der Waals surface area contributed by atoms with Crippen LogP contribution in [0.25, 0.3) is 6.08 Å². The molecule has 0 saturated carbocycles. The maximum atomic E-state index is 12.6. The van der Waals surface area contributed by atoms with Crippen molar-refractivity contribution in [2.45, 2.75) is 39.5 Å². The lowest BCUT2D eigenvalue weighted by molar-refractivity contribution is -0.122. The van der Waals surface area contributed by atoms with Crippen LogP contribution in [-0.2, 0) is 9.59 Å². The monoisotopic (exact) mass is 467 g/mol. The number of likely N-dealkylation sites (N-methyl/N-ethyl adjacent to an activating group) is 1. The molecule has 1 aromatic carbocycles. The van der Waals surface area contributed by atoms with Crippen molar-refractivity contribution < 1.29 is 14.7 Å². The molecule has 2 rings (SSSR count). The SMILES string of the molecule is CCCCCCNC(=O)CSC1=NC(=Cc2cc(Br)ccc2O)C(=O)N1CC. The molecule has 0 unspecified atom stereocenters. The van der Waals surface area contributed by atoms with Crippen LogP contribution in [0.15, 0.2) is 33.4 Å². The number of rotatable bonds is 9. The van der Waals surface area contributed by atoms with Gasteiger partial charge in [-0.25, -0.2) is 4.99 Å². The number of phenolic OH excluding ortho intramolecular Hbond substituents is 1. The molecule has 0 spiro atoms. The first kappa shape index (κ1) is 22.5. The fourth-order valence-corrected chi connectivity index (χ4v) is 3.94. The number of halogens is 1. The van der Waals surface area contributed by atoms with Gasteiger partial charge in [0.1, 0.15) is 11.4 Å². The molecule has 1 aromatic rings. The lowest BCUT2D eigenvalue weighted by Gasteiger charge is -2.14. The van der Waals surface area contributed by atoms with Crippen molar-refractivity contribution in [1.29, 1.82) is 0 Å². The third-order valence-electron chi connectivity index (χ3n) is 4.19. The maximum absolute atomic E-state index is 12.6. The van der Waals surface area contributed by atoms with Crippen molar-refractivity contribution in [3.8, 4) is 5.75 Å². The number of aliphatic imine (C=N–C) groups is 1. The second kappa shape index (κ2) is 11.3. The second-order valence-corrected chi connectivity index (χ2v) is 8.23. The Bertz CT molecular complexity index is 780. The number of thioether (sulfide) groups is 1. The Morgan fingerprint density at radius 1 is 1.32 bits per heavy atom. The molecule has 0 radical (unpaired) electrons. The summed E-state index contributed by atoms with van der Waals surface area (Å²) in [4.78, 5) is 30.6. The van der Waals surface area contributed by atoms with E-state index in [9.17, 15) is 14.7 Å². The highest BCUT2D eigenvalue weighted by Crippen LogP contribution is 2.28. The van der Waals surface area contributed by atoms with Gasteiger partial charge in [0.2, 0.25) is 5.91 Å². The zero-order chi connectivity index (χ0) is 20.5. The van der Waals surface area contributed by atoms with Crippen LogP contribution in [0.3, 0.4) is 0 Å². The number of phenols is 1. The van der Waals surface area contributed by atoms with Gasteiger partial charge in [0.15, 0.2) is 5.17 Å². The summed E-state index contributed by atoms with van der Waals surface area (Å²) in [5, 5.41) is 13.4. The average molecular weight is 468 g/mol. The van der Waals surface area contributed by atoms with Gasteiger partial charge in [-0.05, 0) is 37.6 Å². The zero-order valence-corrected chi connectivity index (χ0v) is 18.6. The van der Waals surface area contributed by atoms with Crippen LogP contribution in [0.4, 0.5) is 0 Å². The Kier molecular flexibility index (Phi) is 9.05. The summed E-state index contributed by atoms with van der Waals surface area (Å²) in [5.74, 6) is -0.00404. The van der Waals surface area contributed by atoms with Gasteiger partial charge in [-0.1, -0.05) is 53.9 Å². The lowest BCUT2D eigenvalue weighted by Crippen LogP contribution is -2.32. The van der Waals surface area contributed by atoms with Gasteiger partial charge in [-0.3, -0.25) is 14.5 Å². The van der Waals surface area contributed by atoms with Crippen LogP contribution in [-0.4, -0.2) is 45.8 Å². The minimum atomic E-state index is -0.232. The van der Waals surface area contributed by atoms with E-state index in [1.165, 1.54) is 18.2 Å². The molecule has 2 amide bonds. The van der Waals surface area contributed by atoms with Crippen LogP contribution in [0.2, 0.25) is 0 Å². The molecule has 1 heterocycles. The van der Waals surface area contributed by atoms with Crippen LogP contribution < -0.4 is 5.32 Å². The third-order valence-corrected chi connectivity index (χ3v) is 5.66. The van der Waals surface area contributed by atoms with Crippen molar-refractivity contribution in [3.05, 3.63) is 33.9 Å². The number of amidine groups is 1. The van der Waals surface area contributed by atoms with Gasteiger partial charge in [-0.2, -0.15) is 0 Å². The summed E-state index contributed by atoms with van der Waals surface area (Å²) in [6, 6.07) is 4.99. The fourth-order valence-electron chi connectivity index (χ4n) is 2.67. The van der Waals surface area contributed by atoms with Crippen molar-refractivity contribution in [3.63, 3.8) is 0 Å². The number of benzene rings is 1. The third kappa shape index (κ3) is 6.38. The molecule has 152 valence electrons. The standard InChI is InChI=1S/C20H26BrN3O3S/c1-3-5-6-7-10-22-18(26)13-28-20-23-16(19(27)24(20)4-2)12-14-11-15(21)8-9-17(14)25/h8-9,11-12,25H,3-7,10,13H2,1-2H3,(H,22,26). The van der Waals surface area contributed by atoms with Gasteiger partial charge in [0.05, 0.1) is 5.75 Å². The van der Waals surface area contributed by atoms with E-state index in [1.807, 2.05) is 6.92 Å². The van der Waals surface area contributed by atoms with E-state index in [2.05, 4.69) is 33.2 Å². The van der Waals surface area contributed by atoms with Crippen LogP contribution in [0.1, 0.15) is 45.1 Å². The molecular formula is C20H26BrN3O3S. The molecule has 28 heavy (non-hydrogen) atoms. The Balaban J connectivity index is 2.00. The Hall–Kier alpha value is -1.80. The summed E-state index contributed by atoms with van der Waals surface area (Å²) in [6.07, 6.45) is 6.00. The highest BCUT2D eigenvalue weighted by molar-refractivity contribution is 9.10. The van der Waals surface area contributed by atoms with Gasteiger partial charge in [0, 0.05) is 23.1 Å². The molecule has 2 N–H and O–H groups in total. The molecule has 0 aromatic heterocycles. The number of unbranched alkanes of at least 4 members (excludes halogenated alkanes) is 3. The van der Waals surface area contributed by atoms with E-state index in [0.717, 1.165) is 23.7 Å². The smallest absolute Gasteiger partial charge is 0.278 e. The number of carbonyl (C=O) groups is 2. The number of amides is 2. The Labute approximate surface area is 178 Å². The summed E-state index contributed by atoms with van der Waals surface area (Å²) in [7, 11) is 0. The van der Waals surface area contributed by atoms with E-state index in [1.54, 1.807) is 29.2 Å². The maximum Gasteiger partial charge on any atom is 0.278 e. The first-order chi connectivity index (χ1) is 13.5. The highest BCUT2D eigenvalue weighted by Gasteiger charge is 2.29. The summed E-state index contributed by atoms with van der Waals surface area (Å²) < 4.78 is 0.795. The molecule has 1 aliphatic heterocycles. The minimum absolute atomic E-state index is 0.0604. The predicted octanol–water partition coefficient (Wildman–Crippen LogP) is 4.14. The molecule has 0 aliphatic carbocycles. The number of hydrogen-bond donors (Lipinski definition) is 2. The summed E-state index contributed by atoms with van der Waals surface area (Å²) in [6.45, 7) is 5.15. The molecule has 0 bridgehead atoms. The topological polar surface area (TPSA) is 82.0 Å².